The fourth-order valence-electron chi connectivity index (χ4n) is 4.11. The zero-order valence-corrected chi connectivity index (χ0v) is 21.0. The van der Waals surface area contributed by atoms with Crippen molar-refractivity contribution in [2.75, 3.05) is 58.0 Å². The fourth-order valence-corrected chi connectivity index (χ4v) is 4.11. The Labute approximate surface area is 212 Å². The molecule has 1 aromatic heterocycles. The predicted octanol–water partition coefficient (Wildman–Crippen LogP) is 4.12. The van der Waals surface area contributed by atoms with Gasteiger partial charge in [0, 0.05) is 38.4 Å². The highest BCUT2D eigenvalue weighted by Gasteiger charge is 2.16. The molecule has 1 fully saturated rings. The molecule has 2 heterocycles. The molecule has 0 aliphatic carbocycles. The van der Waals surface area contributed by atoms with E-state index in [-0.39, 0.29) is 0 Å². The number of rotatable bonds is 11. The molecule has 36 heavy (non-hydrogen) atoms. The number of ether oxygens (including phenoxy) is 3. The van der Waals surface area contributed by atoms with Gasteiger partial charge in [0.1, 0.15) is 17.4 Å². The summed E-state index contributed by atoms with van der Waals surface area (Å²) in [6, 6.07) is 18.0. The molecule has 0 amide bonds. The smallest absolute Gasteiger partial charge is 0.224 e. The van der Waals surface area contributed by atoms with Crippen LogP contribution in [0.25, 0.3) is 11.1 Å². The van der Waals surface area contributed by atoms with Crippen LogP contribution in [0.5, 0.6) is 11.6 Å². The normalized spacial score (nSPS) is 13.4. The summed E-state index contributed by atoms with van der Waals surface area (Å²) in [5.74, 6) is 2.50. The summed E-state index contributed by atoms with van der Waals surface area (Å²) in [5, 5.41) is 12.9. The second-order valence-electron chi connectivity index (χ2n) is 8.68. The number of anilines is 1. The summed E-state index contributed by atoms with van der Waals surface area (Å²) in [7, 11) is 1.73. The second-order valence-corrected chi connectivity index (χ2v) is 8.68. The van der Waals surface area contributed by atoms with Crippen LogP contribution in [0.1, 0.15) is 23.4 Å². The monoisotopic (exact) mass is 487 g/mol. The summed E-state index contributed by atoms with van der Waals surface area (Å²) in [4.78, 5) is 11.3. The lowest BCUT2D eigenvalue weighted by atomic mass is 10.0. The number of aromatic nitrogens is 2. The molecule has 8 heteroatoms. The SMILES string of the molecule is COCCCNCCc1ccc(-c2ccc(C#N)cc2Oc2cc(N3CCOCC3)nc(C)n2)cc1. The average molecular weight is 488 g/mol. The number of morpholine rings is 1. The van der Waals surface area contributed by atoms with E-state index in [1.165, 1.54) is 5.56 Å². The third-order valence-electron chi connectivity index (χ3n) is 6.02. The van der Waals surface area contributed by atoms with Crippen molar-refractivity contribution in [3.8, 4) is 28.8 Å². The van der Waals surface area contributed by atoms with Crippen molar-refractivity contribution in [2.45, 2.75) is 19.8 Å². The Morgan fingerprint density at radius 2 is 1.86 bits per heavy atom. The van der Waals surface area contributed by atoms with Crippen molar-refractivity contribution >= 4 is 5.82 Å². The van der Waals surface area contributed by atoms with E-state index in [1.807, 2.05) is 25.1 Å². The number of hydrogen-bond donors (Lipinski definition) is 1. The van der Waals surface area contributed by atoms with E-state index in [4.69, 9.17) is 14.2 Å². The number of nitrogens with zero attached hydrogens (tertiary/aromatic N) is 4. The van der Waals surface area contributed by atoms with E-state index in [1.54, 1.807) is 13.2 Å². The number of nitrogens with one attached hydrogen (secondary N) is 1. The van der Waals surface area contributed by atoms with Crippen LogP contribution in [-0.2, 0) is 15.9 Å². The molecule has 0 unspecified atom stereocenters. The second kappa shape index (κ2) is 13.0. The number of nitriles is 1. The molecule has 0 saturated carbocycles. The maximum atomic E-state index is 9.47. The molecule has 0 atom stereocenters. The Hall–Kier alpha value is -3.51. The minimum atomic E-state index is 0.455. The van der Waals surface area contributed by atoms with E-state index in [0.29, 0.717) is 36.2 Å². The summed E-state index contributed by atoms with van der Waals surface area (Å²) >= 11 is 0. The van der Waals surface area contributed by atoms with Gasteiger partial charge in [0.05, 0.1) is 24.8 Å². The molecule has 0 radical (unpaired) electrons. The number of hydrogen-bond acceptors (Lipinski definition) is 8. The number of benzene rings is 2. The standard InChI is InChI=1S/C28H33N5O3/c1-21-31-27(33-13-16-35-17-14-33)19-28(32-21)36-26-18-23(20-29)6-9-25(26)24-7-4-22(5-8-24)10-12-30-11-3-15-34-2/h4-9,18-19,30H,3,10-17H2,1-2H3. The molecule has 2 aromatic carbocycles. The Kier molecular flexibility index (Phi) is 9.22. The topological polar surface area (TPSA) is 92.5 Å². The molecule has 1 N–H and O–H groups in total. The lowest BCUT2D eigenvalue weighted by molar-refractivity contribution is 0.122. The average Bonchev–Trinajstić information content (AvgIpc) is 2.91. The molecule has 188 valence electrons. The van der Waals surface area contributed by atoms with Gasteiger partial charge in [-0.2, -0.15) is 10.2 Å². The highest BCUT2D eigenvalue weighted by molar-refractivity contribution is 5.72. The van der Waals surface area contributed by atoms with Crippen molar-refractivity contribution in [3.05, 3.63) is 65.5 Å². The lowest BCUT2D eigenvalue weighted by Crippen LogP contribution is -2.36. The quantitative estimate of drug-likeness (QED) is 0.404. The molecule has 1 aliphatic rings. The predicted molar refractivity (Wildman–Crippen MR) is 140 cm³/mol. The van der Waals surface area contributed by atoms with E-state index in [2.05, 4.69) is 50.5 Å². The van der Waals surface area contributed by atoms with Crippen molar-refractivity contribution in [1.82, 2.24) is 15.3 Å². The van der Waals surface area contributed by atoms with Gasteiger partial charge in [0.2, 0.25) is 5.88 Å². The van der Waals surface area contributed by atoms with Gasteiger partial charge in [0.15, 0.2) is 0 Å². The third-order valence-corrected chi connectivity index (χ3v) is 6.02. The van der Waals surface area contributed by atoms with Crippen LogP contribution in [0.4, 0.5) is 5.82 Å². The minimum absolute atomic E-state index is 0.455. The van der Waals surface area contributed by atoms with Crippen LogP contribution in [0.15, 0.2) is 48.5 Å². The van der Waals surface area contributed by atoms with Crippen LogP contribution in [-0.4, -0.2) is 63.1 Å². The fraction of sp³-hybridized carbons (Fsp3) is 0.393. The van der Waals surface area contributed by atoms with Gasteiger partial charge in [-0.15, -0.1) is 0 Å². The van der Waals surface area contributed by atoms with Gasteiger partial charge in [0.25, 0.3) is 0 Å². The van der Waals surface area contributed by atoms with Gasteiger partial charge in [-0.25, -0.2) is 4.98 Å². The van der Waals surface area contributed by atoms with Crippen LogP contribution in [0.2, 0.25) is 0 Å². The number of methoxy groups -OCH3 is 1. The molecule has 1 aliphatic heterocycles. The highest BCUT2D eigenvalue weighted by Crippen LogP contribution is 2.34. The van der Waals surface area contributed by atoms with Gasteiger partial charge >= 0.3 is 0 Å². The van der Waals surface area contributed by atoms with Crippen molar-refractivity contribution < 1.29 is 14.2 Å². The van der Waals surface area contributed by atoms with Crippen LogP contribution < -0.4 is 15.0 Å². The van der Waals surface area contributed by atoms with Gasteiger partial charge < -0.3 is 24.4 Å². The maximum Gasteiger partial charge on any atom is 0.224 e. The van der Waals surface area contributed by atoms with Gasteiger partial charge in [-0.3, -0.25) is 0 Å². The van der Waals surface area contributed by atoms with E-state index in [9.17, 15) is 5.26 Å². The first-order valence-electron chi connectivity index (χ1n) is 12.4. The maximum absolute atomic E-state index is 9.47. The first-order chi connectivity index (χ1) is 17.7. The van der Waals surface area contributed by atoms with E-state index < -0.39 is 0 Å². The summed E-state index contributed by atoms with van der Waals surface area (Å²) < 4.78 is 16.8. The Balaban J connectivity index is 1.51. The molecule has 0 bridgehead atoms. The van der Waals surface area contributed by atoms with Crippen LogP contribution >= 0.6 is 0 Å². The summed E-state index contributed by atoms with van der Waals surface area (Å²) in [6.45, 7) is 7.41. The van der Waals surface area contributed by atoms with E-state index >= 15 is 0 Å². The number of aryl methyl sites for hydroxylation is 1. The van der Waals surface area contributed by atoms with Crippen molar-refractivity contribution in [3.63, 3.8) is 0 Å². The molecule has 4 rings (SSSR count). The molecule has 8 nitrogen and oxygen atoms in total. The Morgan fingerprint density at radius 3 is 2.61 bits per heavy atom. The molecule has 1 saturated heterocycles. The Morgan fingerprint density at radius 1 is 1.06 bits per heavy atom. The van der Waals surface area contributed by atoms with Crippen molar-refractivity contribution in [1.29, 1.82) is 5.26 Å². The highest BCUT2D eigenvalue weighted by atomic mass is 16.5. The third kappa shape index (κ3) is 7.01. The van der Waals surface area contributed by atoms with E-state index in [0.717, 1.165) is 62.6 Å². The molecular weight excluding hydrogens is 454 g/mol. The van der Waals surface area contributed by atoms with Crippen LogP contribution in [0.3, 0.4) is 0 Å². The molecular formula is C28H33N5O3. The van der Waals surface area contributed by atoms with Gasteiger partial charge in [-0.1, -0.05) is 24.3 Å². The minimum Gasteiger partial charge on any atom is -0.438 e. The molecule has 0 spiro atoms. The first-order valence-corrected chi connectivity index (χ1v) is 12.4. The lowest BCUT2D eigenvalue weighted by Gasteiger charge is -2.28. The van der Waals surface area contributed by atoms with Gasteiger partial charge in [-0.05, 0) is 62.2 Å². The zero-order valence-electron chi connectivity index (χ0n) is 21.0. The summed E-state index contributed by atoms with van der Waals surface area (Å²) in [5.41, 5.74) is 3.72. The zero-order chi connectivity index (χ0) is 25.2. The first kappa shape index (κ1) is 25.6. The van der Waals surface area contributed by atoms with Crippen molar-refractivity contribution in [2.24, 2.45) is 0 Å². The largest absolute Gasteiger partial charge is 0.438 e. The summed E-state index contributed by atoms with van der Waals surface area (Å²) in [6.07, 6.45) is 1.96. The van der Waals surface area contributed by atoms with Crippen LogP contribution in [0, 0.1) is 18.3 Å². The Bertz CT molecular complexity index is 1170. The molecule has 3 aromatic rings.